The highest BCUT2D eigenvalue weighted by atomic mass is 16.5. The lowest BCUT2D eigenvalue weighted by molar-refractivity contribution is -0.0000857. The summed E-state index contributed by atoms with van der Waals surface area (Å²) in [5, 5.41) is 9.96. The highest BCUT2D eigenvalue weighted by molar-refractivity contribution is 5.73. The van der Waals surface area contributed by atoms with Crippen molar-refractivity contribution in [3.63, 3.8) is 0 Å². The summed E-state index contributed by atoms with van der Waals surface area (Å²) in [6, 6.07) is 0. The van der Waals surface area contributed by atoms with Crippen LogP contribution in [0.1, 0.15) is 13.8 Å². The van der Waals surface area contributed by atoms with E-state index in [0.29, 0.717) is 0 Å². The van der Waals surface area contributed by atoms with Gasteiger partial charge in [0.25, 0.3) is 5.56 Å². The number of nitrogens with two attached hydrogens (primary N) is 1. The normalized spacial score (nSPS) is 13.2. The van der Waals surface area contributed by atoms with E-state index >= 15 is 0 Å². The van der Waals surface area contributed by atoms with Crippen LogP contribution >= 0.6 is 0 Å². The summed E-state index contributed by atoms with van der Waals surface area (Å²) in [6.45, 7) is 3.87. The lowest BCUT2D eigenvalue weighted by Gasteiger charge is -2.15. The van der Waals surface area contributed by atoms with Crippen molar-refractivity contribution in [3.8, 4) is 0 Å². The number of ether oxygens (including phenoxy) is 1. The van der Waals surface area contributed by atoms with Gasteiger partial charge in [-0.2, -0.15) is 4.98 Å². The van der Waals surface area contributed by atoms with Crippen LogP contribution in [0.25, 0.3) is 11.2 Å². The number of rotatable bonds is 5. The van der Waals surface area contributed by atoms with Crippen molar-refractivity contribution >= 4 is 17.1 Å². The van der Waals surface area contributed by atoms with Crippen LogP contribution in [0.4, 0.5) is 5.95 Å². The Balaban J connectivity index is 2.41. The molecule has 9 heteroatoms. The van der Waals surface area contributed by atoms with Crippen molar-refractivity contribution in [2.45, 2.75) is 32.6 Å². The molecule has 0 aliphatic carbocycles. The second-order valence-electron chi connectivity index (χ2n) is 5.11. The molecule has 0 spiro atoms. The van der Waals surface area contributed by atoms with E-state index in [1.807, 2.05) is 13.8 Å². The average Bonchev–Trinajstić information content (AvgIpc) is 2.72. The summed E-state index contributed by atoms with van der Waals surface area (Å²) in [5.74, 6) is 0.0558. The van der Waals surface area contributed by atoms with E-state index in [1.165, 1.54) is 16.2 Å². The minimum atomic E-state index is -0.844. The lowest BCUT2D eigenvalue weighted by Crippen LogP contribution is -2.30. The molecule has 2 heterocycles. The first-order valence-corrected chi connectivity index (χ1v) is 6.56. The predicted molar refractivity (Wildman–Crippen MR) is 77.1 cm³/mol. The van der Waals surface area contributed by atoms with Crippen LogP contribution in [0, 0.1) is 0 Å². The smallest absolute Gasteiger partial charge is 0.329 e. The zero-order chi connectivity index (χ0) is 15.7. The fraction of sp³-hybridized carbons (Fsp3) is 0.583. The van der Waals surface area contributed by atoms with E-state index in [2.05, 4.69) is 9.97 Å². The number of aliphatic hydroxyl groups is 1. The van der Waals surface area contributed by atoms with E-state index in [4.69, 9.17) is 10.5 Å². The Morgan fingerprint density at radius 3 is 2.71 bits per heavy atom. The third kappa shape index (κ3) is 2.98. The molecule has 0 saturated carbocycles. The van der Waals surface area contributed by atoms with Crippen LogP contribution in [-0.4, -0.2) is 43.0 Å². The van der Waals surface area contributed by atoms with Gasteiger partial charge in [-0.15, -0.1) is 0 Å². The second-order valence-corrected chi connectivity index (χ2v) is 5.11. The number of aromatic amines is 1. The Morgan fingerprint density at radius 2 is 2.10 bits per heavy atom. The van der Waals surface area contributed by atoms with E-state index in [0.717, 1.165) is 0 Å². The molecular weight excluding hydrogens is 278 g/mol. The van der Waals surface area contributed by atoms with Crippen LogP contribution in [0.3, 0.4) is 0 Å². The number of aromatic nitrogens is 4. The molecule has 0 bridgehead atoms. The molecule has 21 heavy (non-hydrogen) atoms. The molecule has 0 amide bonds. The minimum Gasteiger partial charge on any atom is -0.389 e. The summed E-state index contributed by atoms with van der Waals surface area (Å²) in [7, 11) is 1.48. The topological polar surface area (TPSA) is 128 Å². The SMILES string of the molecule is CC(C)OC[C@H](O)Cn1c(N)nc2c1c(=O)[nH]c(=O)n2C. The minimum absolute atomic E-state index is 0.0132. The Bertz CT molecular complexity index is 757. The molecular formula is C12H19N5O4. The molecule has 2 aromatic heterocycles. The molecule has 0 radical (unpaired) electrons. The fourth-order valence-corrected chi connectivity index (χ4v) is 2.00. The summed E-state index contributed by atoms with van der Waals surface area (Å²) in [5.41, 5.74) is 4.95. The lowest BCUT2D eigenvalue weighted by atomic mass is 10.3. The molecule has 4 N–H and O–H groups in total. The molecule has 2 aromatic rings. The van der Waals surface area contributed by atoms with Gasteiger partial charge < -0.3 is 20.1 Å². The maximum absolute atomic E-state index is 11.9. The number of aryl methyl sites for hydroxylation is 1. The third-order valence-electron chi connectivity index (χ3n) is 3.05. The first-order chi connectivity index (χ1) is 9.81. The second kappa shape index (κ2) is 5.70. The first kappa shape index (κ1) is 15.3. The quantitative estimate of drug-likeness (QED) is 0.635. The maximum Gasteiger partial charge on any atom is 0.329 e. The molecule has 0 unspecified atom stereocenters. The van der Waals surface area contributed by atoms with Gasteiger partial charge in [0.1, 0.15) is 0 Å². The van der Waals surface area contributed by atoms with Gasteiger partial charge >= 0.3 is 5.69 Å². The predicted octanol–water partition coefficient (Wildman–Crippen LogP) is -1.21. The molecule has 1 atom stereocenters. The number of fused-ring (bicyclic) bond motifs is 1. The number of nitrogen functional groups attached to an aromatic ring is 1. The number of nitrogens with zero attached hydrogens (tertiary/aromatic N) is 3. The molecule has 0 saturated heterocycles. The van der Waals surface area contributed by atoms with Crippen molar-refractivity contribution in [1.82, 2.24) is 19.1 Å². The Morgan fingerprint density at radius 1 is 1.43 bits per heavy atom. The Labute approximate surface area is 120 Å². The van der Waals surface area contributed by atoms with Crippen molar-refractivity contribution < 1.29 is 9.84 Å². The van der Waals surface area contributed by atoms with Crippen molar-refractivity contribution in [1.29, 1.82) is 0 Å². The van der Waals surface area contributed by atoms with Gasteiger partial charge in [0, 0.05) is 7.05 Å². The fourth-order valence-electron chi connectivity index (χ4n) is 2.00. The molecule has 0 aliphatic rings. The molecule has 9 nitrogen and oxygen atoms in total. The van der Waals surface area contributed by atoms with Crippen LogP contribution < -0.4 is 17.0 Å². The summed E-state index contributed by atoms with van der Waals surface area (Å²) in [4.78, 5) is 29.7. The maximum atomic E-state index is 11.9. The molecule has 2 rings (SSSR count). The van der Waals surface area contributed by atoms with E-state index in [1.54, 1.807) is 0 Å². The molecule has 0 aliphatic heterocycles. The first-order valence-electron chi connectivity index (χ1n) is 6.56. The zero-order valence-corrected chi connectivity index (χ0v) is 12.2. The average molecular weight is 297 g/mol. The summed E-state index contributed by atoms with van der Waals surface area (Å²) in [6.07, 6.45) is -0.857. The highest BCUT2D eigenvalue weighted by Gasteiger charge is 2.18. The summed E-state index contributed by atoms with van der Waals surface area (Å²) >= 11 is 0. The zero-order valence-electron chi connectivity index (χ0n) is 12.2. The van der Waals surface area contributed by atoms with Crippen LogP contribution in [0.2, 0.25) is 0 Å². The molecule has 0 fully saturated rings. The van der Waals surface area contributed by atoms with E-state index < -0.39 is 17.4 Å². The van der Waals surface area contributed by atoms with Gasteiger partial charge in [0.2, 0.25) is 5.95 Å². The number of nitrogens with one attached hydrogen (secondary N) is 1. The van der Waals surface area contributed by atoms with Crippen LogP contribution in [-0.2, 0) is 18.3 Å². The number of hydrogen-bond acceptors (Lipinski definition) is 6. The van der Waals surface area contributed by atoms with Gasteiger partial charge in [0.05, 0.1) is 25.4 Å². The van der Waals surface area contributed by atoms with Gasteiger partial charge in [-0.1, -0.05) is 0 Å². The largest absolute Gasteiger partial charge is 0.389 e. The van der Waals surface area contributed by atoms with Crippen LogP contribution in [0.15, 0.2) is 9.59 Å². The van der Waals surface area contributed by atoms with Crippen molar-refractivity contribution in [3.05, 3.63) is 20.8 Å². The number of aliphatic hydroxyl groups excluding tert-OH is 1. The number of H-pyrrole nitrogens is 1. The van der Waals surface area contributed by atoms with E-state index in [-0.39, 0.29) is 36.4 Å². The van der Waals surface area contributed by atoms with Gasteiger partial charge in [-0.25, -0.2) is 4.79 Å². The molecule has 116 valence electrons. The number of anilines is 1. The van der Waals surface area contributed by atoms with Crippen molar-refractivity contribution in [2.75, 3.05) is 12.3 Å². The summed E-state index contributed by atoms with van der Waals surface area (Å²) < 4.78 is 7.88. The standard InChI is InChI=1S/C12H19N5O4/c1-6(2)21-5-7(18)4-17-8-9(14-11(17)13)16(3)12(20)15-10(8)19/h6-7,18H,4-5H2,1-3H3,(H2,13,14)(H,15,19,20)/t7-/m1/s1. The third-order valence-corrected chi connectivity index (χ3v) is 3.05. The van der Waals surface area contributed by atoms with Gasteiger partial charge in [-0.05, 0) is 13.8 Å². The number of hydrogen-bond donors (Lipinski definition) is 3. The van der Waals surface area contributed by atoms with Gasteiger partial charge in [-0.3, -0.25) is 14.3 Å². The monoisotopic (exact) mass is 297 g/mol. The Kier molecular flexibility index (Phi) is 4.14. The Hall–Kier alpha value is -2.13. The van der Waals surface area contributed by atoms with E-state index in [9.17, 15) is 14.7 Å². The van der Waals surface area contributed by atoms with Crippen LogP contribution in [0.5, 0.6) is 0 Å². The number of imidazole rings is 1. The van der Waals surface area contributed by atoms with Crippen molar-refractivity contribution in [2.24, 2.45) is 7.05 Å². The molecule has 0 aromatic carbocycles. The highest BCUT2D eigenvalue weighted by Crippen LogP contribution is 2.13. The van der Waals surface area contributed by atoms with Gasteiger partial charge in [0.15, 0.2) is 11.2 Å².